The first kappa shape index (κ1) is 15.7. The Bertz CT molecular complexity index is 657. The number of nitrogens with one attached hydrogen (secondary N) is 1. The van der Waals surface area contributed by atoms with E-state index >= 15 is 0 Å². The minimum atomic E-state index is -0.00460. The van der Waals surface area contributed by atoms with Crippen LogP contribution in [0.5, 0.6) is 0 Å². The lowest BCUT2D eigenvalue weighted by Gasteiger charge is -2.30. The number of anilines is 1. The number of nitrogens with zero attached hydrogens (tertiary/aromatic N) is 1. The summed E-state index contributed by atoms with van der Waals surface area (Å²) in [5.74, 6) is -0.00460. The molecule has 1 aliphatic heterocycles. The zero-order valence-corrected chi connectivity index (χ0v) is 13.4. The van der Waals surface area contributed by atoms with Crippen LogP contribution >= 0.6 is 0 Å². The van der Waals surface area contributed by atoms with Gasteiger partial charge in [-0.05, 0) is 30.3 Å². The van der Waals surface area contributed by atoms with Crippen molar-refractivity contribution in [2.75, 3.05) is 32.1 Å². The molecule has 2 aromatic carbocycles. The third-order valence-electron chi connectivity index (χ3n) is 4.02. The summed E-state index contributed by atoms with van der Waals surface area (Å²) in [6.45, 7) is 2.58. The van der Waals surface area contributed by atoms with Gasteiger partial charge < -0.3 is 15.0 Å². The van der Waals surface area contributed by atoms with E-state index < -0.39 is 0 Å². The number of hydrogen-bond donors (Lipinski definition) is 1. The lowest BCUT2D eigenvalue weighted by Crippen LogP contribution is -2.35. The SMILES string of the molecule is CN1CCOC(c2cccc(NC(=O)Cc3ccccc3)c2)C1. The van der Waals surface area contributed by atoms with Crippen molar-refractivity contribution in [3.8, 4) is 0 Å². The van der Waals surface area contributed by atoms with Crippen molar-refractivity contribution in [2.24, 2.45) is 0 Å². The van der Waals surface area contributed by atoms with E-state index in [0.717, 1.165) is 36.5 Å². The van der Waals surface area contributed by atoms with E-state index in [2.05, 4.69) is 23.3 Å². The zero-order chi connectivity index (χ0) is 16.1. The van der Waals surface area contributed by atoms with Gasteiger partial charge in [0.05, 0.1) is 19.1 Å². The lowest BCUT2D eigenvalue weighted by molar-refractivity contribution is -0.115. The summed E-state index contributed by atoms with van der Waals surface area (Å²) in [6, 6.07) is 17.7. The van der Waals surface area contributed by atoms with E-state index in [1.807, 2.05) is 48.5 Å². The predicted molar refractivity (Wildman–Crippen MR) is 91.4 cm³/mol. The second kappa shape index (κ2) is 7.40. The Morgan fingerprint density at radius 1 is 1.22 bits per heavy atom. The molecule has 0 spiro atoms. The Labute approximate surface area is 137 Å². The van der Waals surface area contributed by atoms with Crippen LogP contribution in [0.4, 0.5) is 5.69 Å². The minimum absolute atomic E-state index is 0.00460. The molecule has 0 saturated carbocycles. The molecule has 1 atom stereocenters. The minimum Gasteiger partial charge on any atom is -0.371 e. The Balaban J connectivity index is 1.64. The molecule has 1 saturated heterocycles. The van der Waals surface area contributed by atoms with Gasteiger partial charge in [0, 0.05) is 18.8 Å². The Hall–Kier alpha value is -2.17. The quantitative estimate of drug-likeness (QED) is 0.944. The molecule has 120 valence electrons. The number of amides is 1. The van der Waals surface area contributed by atoms with Gasteiger partial charge >= 0.3 is 0 Å². The molecular formula is C19H22N2O2. The smallest absolute Gasteiger partial charge is 0.228 e. The number of carbonyl (C=O) groups is 1. The summed E-state index contributed by atoms with van der Waals surface area (Å²) in [7, 11) is 2.10. The Morgan fingerprint density at radius 2 is 2.04 bits per heavy atom. The van der Waals surface area contributed by atoms with E-state index in [0.29, 0.717) is 6.42 Å². The first-order chi connectivity index (χ1) is 11.2. The highest BCUT2D eigenvalue weighted by molar-refractivity contribution is 5.92. The van der Waals surface area contributed by atoms with E-state index in [1.54, 1.807) is 0 Å². The normalized spacial score (nSPS) is 18.6. The van der Waals surface area contributed by atoms with Gasteiger partial charge in [0.2, 0.25) is 5.91 Å². The van der Waals surface area contributed by atoms with Crippen LogP contribution in [0.1, 0.15) is 17.2 Å². The van der Waals surface area contributed by atoms with E-state index in [1.165, 1.54) is 0 Å². The maximum Gasteiger partial charge on any atom is 0.228 e. The highest BCUT2D eigenvalue weighted by Gasteiger charge is 2.19. The van der Waals surface area contributed by atoms with Crippen molar-refractivity contribution in [1.29, 1.82) is 0 Å². The topological polar surface area (TPSA) is 41.6 Å². The van der Waals surface area contributed by atoms with Gasteiger partial charge in [0.15, 0.2) is 0 Å². The molecule has 4 heteroatoms. The van der Waals surface area contributed by atoms with Gasteiger partial charge in [-0.15, -0.1) is 0 Å². The largest absolute Gasteiger partial charge is 0.371 e. The number of morpholine rings is 1. The first-order valence-electron chi connectivity index (χ1n) is 7.94. The number of benzene rings is 2. The lowest BCUT2D eigenvalue weighted by atomic mass is 10.1. The third-order valence-corrected chi connectivity index (χ3v) is 4.02. The number of ether oxygens (including phenoxy) is 1. The van der Waals surface area contributed by atoms with Gasteiger partial charge in [-0.3, -0.25) is 4.79 Å². The van der Waals surface area contributed by atoms with Gasteiger partial charge in [-0.1, -0.05) is 42.5 Å². The van der Waals surface area contributed by atoms with E-state index in [-0.39, 0.29) is 12.0 Å². The molecule has 1 heterocycles. The molecule has 0 radical (unpaired) electrons. The fourth-order valence-electron chi connectivity index (χ4n) is 2.78. The Kier molecular flexibility index (Phi) is 5.05. The molecule has 4 nitrogen and oxygen atoms in total. The molecule has 0 aliphatic carbocycles. The number of rotatable bonds is 4. The summed E-state index contributed by atoms with van der Waals surface area (Å²) in [5, 5.41) is 2.97. The van der Waals surface area contributed by atoms with Crippen LogP contribution in [-0.2, 0) is 16.0 Å². The fraction of sp³-hybridized carbons (Fsp3) is 0.316. The highest BCUT2D eigenvalue weighted by atomic mass is 16.5. The van der Waals surface area contributed by atoms with E-state index in [4.69, 9.17) is 4.74 Å². The second-order valence-electron chi connectivity index (χ2n) is 5.96. The number of likely N-dealkylation sites (N-methyl/N-ethyl adjacent to an activating group) is 1. The zero-order valence-electron chi connectivity index (χ0n) is 13.4. The summed E-state index contributed by atoms with van der Waals surface area (Å²) < 4.78 is 5.84. The van der Waals surface area contributed by atoms with Crippen molar-refractivity contribution in [3.63, 3.8) is 0 Å². The average molecular weight is 310 g/mol. The summed E-state index contributed by atoms with van der Waals surface area (Å²) in [6.07, 6.45) is 0.452. The third kappa shape index (κ3) is 4.41. The standard InChI is InChI=1S/C19H22N2O2/c1-21-10-11-23-18(14-21)16-8-5-9-17(13-16)20-19(22)12-15-6-3-2-4-7-15/h2-9,13,18H,10-12,14H2,1H3,(H,20,22). The fourth-order valence-corrected chi connectivity index (χ4v) is 2.78. The molecule has 23 heavy (non-hydrogen) atoms. The molecule has 1 N–H and O–H groups in total. The maximum absolute atomic E-state index is 12.2. The van der Waals surface area contributed by atoms with Crippen molar-refractivity contribution in [2.45, 2.75) is 12.5 Å². The van der Waals surface area contributed by atoms with Crippen LogP contribution < -0.4 is 5.32 Å². The van der Waals surface area contributed by atoms with Crippen LogP contribution in [0.3, 0.4) is 0 Å². The molecule has 2 aromatic rings. The average Bonchev–Trinajstić information content (AvgIpc) is 2.56. The molecule has 1 unspecified atom stereocenters. The van der Waals surface area contributed by atoms with Crippen LogP contribution in [0, 0.1) is 0 Å². The van der Waals surface area contributed by atoms with Gasteiger partial charge in [0.25, 0.3) is 0 Å². The molecule has 0 bridgehead atoms. The van der Waals surface area contributed by atoms with Crippen LogP contribution in [-0.4, -0.2) is 37.6 Å². The number of hydrogen-bond acceptors (Lipinski definition) is 3. The highest BCUT2D eigenvalue weighted by Crippen LogP contribution is 2.24. The summed E-state index contributed by atoms with van der Waals surface area (Å²) >= 11 is 0. The Morgan fingerprint density at radius 3 is 2.83 bits per heavy atom. The van der Waals surface area contributed by atoms with E-state index in [9.17, 15) is 4.79 Å². The summed E-state index contributed by atoms with van der Waals surface area (Å²) in [4.78, 5) is 14.4. The monoisotopic (exact) mass is 310 g/mol. The first-order valence-corrected chi connectivity index (χ1v) is 7.94. The van der Waals surface area contributed by atoms with Crippen molar-refractivity contribution in [3.05, 3.63) is 65.7 Å². The molecule has 1 aliphatic rings. The van der Waals surface area contributed by atoms with Gasteiger partial charge in [0.1, 0.15) is 0 Å². The molecule has 1 fully saturated rings. The number of carbonyl (C=O) groups excluding carboxylic acids is 1. The van der Waals surface area contributed by atoms with Crippen molar-refractivity contribution >= 4 is 11.6 Å². The van der Waals surface area contributed by atoms with Gasteiger partial charge in [-0.25, -0.2) is 0 Å². The van der Waals surface area contributed by atoms with Crippen molar-refractivity contribution < 1.29 is 9.53 Å². The molecular weight excluding hydrogens is 288 g/mol. The molecule has 3 rings (SSSR count). The molecule has 1 amide bonds. The van der Waals surface area contributed by atoms with Crippen molar-refractivity contribution in [1.82, 2.24) is 4.90 Å². The van der Waals surface area contributed by atoms with Crippen LogP contribution in [0.15, 0.2) is 54.6 Å². The second-order valence-corrected chi connectivity index (χ2v) is 5.96. The molecule has 0 aromatic heterocycles. The summed E-state index contributed by atoms with van der Waals surface area (Å²) in [5.41, 5.74) is 2.94. The maximum atomic E-state index is 12.2. The van der Waals surface area contributed by atoms with Gasteiger partial charge in [-0.2, -0.15) is 0 Å². The van der Waals surface area contributed by atoms with Crippen LogP contribution in [0.25, 0.3) is 0 Å². The van der Waals surface area contributed by atoms with Crippen LogP contribution in [0.2, 0.25) is 0 Å². The predicted octanol–water partition coefficient (Wildman–Crippen LogP) is 2.87.